The first kappa shape index (κ1) is 14.5. The zero-order valence-corrected chi connectivity index (χ0v) is 11.8. The second kappa shape index (κ2) is 7.59. The molecule has 1 amide bonds. The number of benzene rings is 1. The van der Waals surface area contributed by atoms with Crippen molar-refractivity contribution < 1.29 is 9.53 Å². The van der Waals surface area contributed by atoms with Gasteiger partial charge < -0.3 is 9.64 Å². The molecular formula is C17H21NO2. The average Bonchev–Trinajstić information content (AvgIpc) is 3.01. The lowest BCUT2D eigenvalue weighted by Crippen LogP contribution is -2.39. The molecule has 1 aliphatic rings. The minimum atomic E-state index is -0.240. The highest BCUT2D eigenvalue weighted by molar-refractivity contribution is 5.68. The summed E-state index contributed by atoms with van der Waals surface area (Å²) in [5.41, 5.74) is 1.00. The smallest absolute Gasteiger partial charge is 0.410 e. The quantitative estimate of drug-likeness (QED) is 0.766. The molecule has 0 saturated heterocycles. The summed E-state index contributed by atoms with van der Waals surface area (Å²) >= 11 is 0. The van der Waals surface area contributed by atoms with Crippen molar-refractivity contribution in [3.05, 3.63) is 35.9 Å². The van der Waals surface area contributed by atoms with Gasteiger partial charge in [0.25, 0.3) is 0 Å². The second-order valence-corrected chi connectivity index (χ2v) is 5.13. The molecule has 0 bridgehead atoms. The van der Waals surface area contributed by atoms with Gasteiger partial charge in [-0.1, -0.05) is 43.2 Å². The first-order valence-corrected chi connectivity index (χ1v) is 7.22. The van der Waals surface area contributed by atoms with Gasteiger partial charge in [0.2, 0.25) is 0 Å². The van der Waals surface area contributed by atoms with Crippen molar-refractivity contribution >= 4 is 6.09 Å². The van der Waals surface area contributed by atoms with Crippen LogP contribution in [0.1, 0.15) is 37.7 Å². The van der Waals surface area contributed by atoms with Gasteiger partial charge >= 0.3 is 6.09 Å². The van der Waals surface area contributed by atoms with Crippen molar-refractivity contribution in [2.45, 2.75) is 44.8 Å². The number of nitrogens with zero attached hydrogens (tertiary/aromatic N) is 1. The minimum absolute atomic E-state index is 0.240. The number of ether oxygens (including phenoxy) is 1. The lowest BCUT2D eigenvalue weighted by atomic mass is 10.2. The van der Waals surface area contributed by atoms with Crippen LogP contribution in [0.4, 0.5) is 4.79 Å². The Morgan fingerprint density at radius 3 is 2.65 bits per heavy atom. The summed E-state index contributed by atoms with van der Waals surface area (Å²) in [4.78, 5) is 14.1. The normalized spacial score (nSPS) is 14.8. The summed E-state index contributed by atoms with van der Waals surface area (Å²) in [6, 6.07) is 10.0. The lowest BCUT2D eigenvalue weighted by molar-refractivity contribution is 0.0820. The minimum Gasteiger partial charge on any atom is -0.445 e. The molecule has 1 aliphatic carbocycles. The van der Waals surface area contributed by atoms with Crippen LogP contribution in [-0.2, 0) is 11.3 Å². The summed E-state index contributed by atoms with van der Waals surface area (Å²) in [6.07, 6.45) is 10.1. The summed E-state index contributed by atoms with van der Waals surface area (Å²) in [6.45, 7) is 0.910. The van der Waals surface area contributed by atoms with Crippen molar-refractivity contribution in [3.8, 4) is 12.3 Å². The number of rotatable bonds is 5. The Balaban J connectivity index is 1.90. The van der Waals surface area contributed by atoms with Gasteiger partial charge in [-0.3, -0.25) is 0 Å². The molecular weight excluding hydrogens is 250 g/mol. The third-order valence-electron chi connectivity index (χ3n) is 3.70. The molecule has 1 aromatic rings. The molecule has 1 aromatic carbocycles. The number of hydrogen-bond donors (Lipinski definition) is 0. The van der Waals surface area contributed by atoms with Gasteiger partial charge in [-0.25, -0.2) is 4.79 Å². The van der Waals surface area contributed by atoms with Crippen molar-refractivity contribution in [2.75, 3.05) is 6.54 Å². The largest absolute Gasteiger partial charge is 0.445 e. The Morgan fingerprint density at radius 2 is 2.00 bits per heavy atom. The van der Waals surface area contributed by atoms with E-state index in [1.54, 1.807) is 0 Å². The van der Waals surface area contributed by atoms with E-state index in [-0.39, 0.29) is 6.09 Å². The molecule has 0 heterocycles. The molecule has 1 fully saturated rings. The van der Waals surface area contributed by atoms with Crippen LogP contribution in [-0.4, -0.2) is 23.6 Å². The van der Waals surface area contributed by atoms with E-state index in [0.29, 0.717) is 25.6 Å². The standard InChI is InChI=1S/C17H21NO2/c1-2-3-13-18(16-11-7-8-12-16)17(19)20-14-15-9-5-4-6-10-15/h1,4-6,9-10,16H,3,7-8,11-14H2. The van der Waals surface area contributed by atoms with Crippen LogP contribution in [0.25, 0.3) is 0 Å². The molecule has 3 heteroatoms. The molecule has 1 saturated carbocycles. The van der Waals surface area contributed by atoms with Gasteiger partial charge in [-0.15, -0.1) is 12.3 Å². The van der Waals surface area contributed by atoms with Crippen LogP contribution in [0.5, 0.6) is 0 Å². The summed E-state index contributed by atoms with van der Waals surface area (Å²) in [5, 5.41) is 0. The molecule has 0 radical (unpaired) electrons. The Kier molecular flexibility index (Phi) is 5.49. The van der Waals surface area contributed by atoms with Crippen LogP contribution >= 0.6 is 0 Å². The Bertz CT molecular complexity index is 458. The maximum Gasteiger partial charge on any atom is 0.410 e. The van der Waals surface area contributed by atoms with Crippen LogP contribution < -0.4 is 0 Å². The number of terminal acetylenes is 1. The molecule has 3 nitrogen and oxygen atoms in total. The second-order valence-electron chi connectivity index (χ2n) is 5.13. The molecule has 0 unspecified atom stereocenters. The van der Waals surface area contributed by atoms with E-state index in [1.807, 2.05) is 35.2 Å². The van der Waals surface area contributed by atoms with Gasteiger partial charge in [-0.2, -0.15) is 0 Å². The van der Waals surface area contributed by atoms with E-state index in [0.717, 1.165) is 18.4 Å². The van der Waals surface area contributed by atoms with Crippen molar-refractivity contribution in [2.24, 2.45) is 0 Å². The van der Waals surface area contributed by atoms with E-state index < -0.39 is 0 Å². The maximum absolute atomic E-state index is 12.2. The topological polar surface area (TPSA) is 29.5 Å². The van der Waals surface area contributed by atoms with Gasteiger partial charge in [0.05, 0.1) is 0 Å². The molecule has 0 N–H and O–H groups in total. The number of carbonyl (C=O) groups excluding carboxylic acids is 1. The molecule has 0 atom stereocenters. The molecule has 106 valence electrons. The van der Waals surface area contributed by atoms with Gasteiger partial charge in [0, 0.05) is 19.0 Å². The van der Waals surface area contributed by atoms with E-state index in [9.17, 15) is 4.79 Å². The summed E-state index contributed by atoms with van der Waals surface area (Å²) < 4.78 is 5.42. The zero-order chi connectivity index (χ0) is 14.2. The Morgan fingerprint density at radius 1 is 1.30 bits per heavy atom. The fourth-order valence-electron chi connectivity index (χ4n) is 2.63. The SMILES string of the molecule is C#CCCN(C(=O)OCc1ccccc1)C1CCCC1. The predicted molar refractivity (Wildman–Crippen MR) is 79.0 cm³/mol. The van der Waals surface area contributed by atoms with Crippen LogP contribution in [0.2, 0.25) is 0 Å². The molecule has 0 spiro atoms. The summed E-state index contributed by atoms with van der Waals surface area (Å²) in [5.74, 6) is 2.60. The zero-order valence-electron chi connectivity index (χ0n) is 11.8. The maximum atomic E-state index is 12.2. The average molecular weight is 271 g/mol. The van der Waals surface area contributed by atoms with Crippen molar-refractivity contribution in [1.29, 1.82) is 0 Å². The van der Waals surface area contributed by atoms with Crippen LogP contribution in [0.3, 0.4) is 0 Å². The van der Waals surface area contributed by atoms with Gasteiger partial charge in [-0.05, 0) is 18.4 Å². The van der Waals surface area contributed by atoms with Gasteiger partial charge in [0.1, 0.15) is 6.61 Å². The van der Waals surface area contributed by atoms with Crippen LogP contribution in [0.15, 0.2) is 30.3 Å². The van der Waals surface area contributed by atoms with Crippen LogP contribution in [0, 0.1) is 12.3 Å². The number of amides is 1. The van der Waals surface area contributed by atoms with E-state index in [1.165, 1.54) is 12.8 Å². The monoisotopic (exact) mass is 271 g/mol. The highest BCUT2D eigenvalue weighted by Gasteiger charge is 2.27. The highest BCUT2D eigenvalue weighted by Crippen LogP contribution is 2.24. The first-order chi connectivity index (χ1) is 9.81. The summed E-state index contributed by atoms with van der Waals surface area (Å²) in [7, 11) is 0. The van der Waals surface area contributed by atoms with E-state index in [4.69, 9.17) is 11.2 Å². The molecule has 0 aromatic heterocycles. The molecule has 0 aliphatic heterocycles. The van der Waals surface area contributed by atoms with Crippen molar-refractivity contribution in [3.63, 3.8) is 0 Å². The fourth-order valence-corrected chi connectivity index (χ4v) is 2.63. The highest BCUT2D eigenvalue weighted by atomic mass is 16.6. The molecule has 2 rings (SSSR count). The van der Waals surface area contributed by atoms with E-state index in [2.05, 4.69) is 5.92 Å². The Hall–Kier alpha value is -1.95. The number of hydrogen-bond acceptors (Lipinski definition) is 2. The molecule has 20 heavy (non-hydrogen) atoms. The third-order valence-corrected chi connectivity index (χ3v) is 3.70. The first-order valence-electron chi connectivity index (χ1n) is 7.22. The van der Waals surface area contributed by atoms with Crippen molar-refractivity contribution in [1.82, 2.24) is 4.90 Å². The van der Waals surface area contributed by atoms with Gasteiger partial charge in [0.15, 0.2) is 0 Å². The van der Waals surface area contributed by atoms with E-state index >= 15 is 0 Å². The third kappa shape index (κ3) is 4.03. The Labute approximate surface area is 120 Å². The fraction of sp³-hybridized carbons (Fsp3) is 0.471. The number of carbonyl (C=O) groups is 1. The lowest BCUT2D eigenvalue weighted by Gasteiger charge is -2.27. The predicted octanol–water partition coefficient (Wildman–Crippen LogP) is 3.59.